The van der Waals surface area contributed by atoms with E-state index in [-0.39, 0.29) is 35.8 Å². The van der Waals surface area contributed by atoms with Crippen LogP contribution in [0.1, 0.15) is 68.1 Å². The Bertz CT molecular complexity index is 1970. The molecule has 1 aromatic heterocycles. The van der Waals surface area contributed by atoms with Crippen LogP contribution in [0.25, 0.3) is 16.8 Å². The van der Waals surface area contributed by atoms with E-state index < -0.39 is 48.2 Å². The molecule has 3 atom stereocenters. The van der Waals surface area contributed by atoms with Crippen LogP contribution in [0, 0.1) is 5.41 Å². The lowest BCUT2D eigenvalue weighted by atomic mass is 9.91. The summed E-state index contributed by atoms with van der Waals surface area (Å²) in [4.78, 5) is 54.5. The number of anilines is 2. The number of nitrogens with zero attached hydrogens (tertiary/aromatic N) is 2. The zero-order valence-electron chi connectivity index (χ0n) is 28.2. The summed E-state index contributed by atoms with van der Waals surface area (Å²) in [6.07, 6.45) is 4.95. The molecule has 6 rings (SSSR count). The Balaban J connectivity index is 0.941. The van der Waals surface area contributed by atoms with E-state index in [0.29, 0.717) is 35.3 Å². The molecule has 51 heavy (non-hydrogen) atoms. The smallest absolute Gasteiger partial charge is 0.351 e. The Labute approximate surface area is 292 Å². The molecule has 1 saturated heterocycles. The highest BCUT2D eigenvalue weighted by Crippen LogP contribution is 2.50. The minimum atomic E-state index is -3.85. The summed E-state index contributed by atoms with van der Waals surface area (Å²) < 4.78 is 40.3. The number of alkyl halides is 2. The second-order valence-corrected chi connectivity index (χ2v) is 13.9. The standard InChI is InChI=1S/C37H40F2N4O8/c1-35(2,19-29(47)41-28-12-16-43(34(49)42-28)33-37(38,39)32(48)27(21-44)51-33)50-17-4-3-13-36(14-15-36)18-24(45)20-40-25-10-8-22-6-5-7-23-9-11-26(46)31(25)30(22)23/h3,5-13,16,27,32-33,40,44,48H,4,14-15,17-21H2,1-2H3,(H,41,42,47,49)/b13-3+/t27-,32+,33-/m1/s1. The van der Waals surface area contributed by atoms with Crippen molar-refractivity contribution in [3.63, 3.8) is 0 Å². The van der Waals surface area contributed by atoms with Crippen LogP contribution in [-0.2, 0) is 19.1 Å². The summed E-state index contributed by atoms with van der Waals surface area (Å²) in [5.74, 6) is -4.57. The number of ketones is 2. The van der Waals surface area contributed by atoms with Crippen LogP contribution in [0.5, 0.6) is 0 Å². The number of aliphatic hydroxyl groups excluding tert-OH is 2. The maximum absolute atomic E-state index is 14.4. The first-order valence-electron chi connectivity index (χ1n) is 16.8. The average molecular weight is 707 g/mol. The second-order valence-electron chi connectivity index (χ2n) is 13.9. The van der Waals surface area contributed by atoms with Crippen LogP contribution in [-0.4, -0.2) is 80.7 Å². The molecule has 2 aromatic carbocycles. The minimum absolute atomic E-state index is 0.0469. The first-order valence-corrected chi connectivity index (χ1v) is 16.8. The number of rotatable bonds is 15. The van der Waals surface area contributed by atoms with E-state index in [0.717, 1.165) is 41.4 Å². The van der Waals surface area contributed by atoms with Crippen LogP contribution < -0.4 is 16.3 Å². The van der Waals surface area contributed by atoms with Gasteiger partial charge in [0.1, 0.15) is 11.9 Å². The van der Waals surface area contributed by atoms with Crippen molar-refractivity contribution in [1.29, 1.82) is 0 Å². The Morgan fingerprint density at radius 2 is 1.94 bits per heavy atom. The lowest BCUT2D eigenvalue weighted by Gasteiger charge is -2.24. The van der Waals surface area contributed by atoms with Crippen LogP contribution in [0.2, 0.25) is 0 Å². The Kier molecular flexibility index (Phi) is 10.1. The van der Waals surface area contributed by atoms with E-state index in [1.54, 1.807) is 19.9 Å². The van der Waals surface area contributed by atoms with Crippen molar-refractivity contribution in [2.75, 3.05) is 30.4 Å². The number of hydrogen-bond donors (Lipinski definition) is 4. The molecule has 4 N–H and O–H groups in total. The number of carbonyl (C=O) groups is 3. The fourth-order valence-electron chi connectivity index (χ4n) is 6.55. The molecule has 0 bridgehead atoms. The molecule has 0 spiro atoms. The van der Waals surface area contributed by atoms with Crippen LogP contribution in [0.4, 0.5) is 20.3 Å². The highest BCUT2D eigenvalue weighted by Gasteiger charge is 2.59. The number of amides is 1. The summed E-state index contributed by atoms with van der Waals surface area (Å²) in [5.41, 5.74) is -0.0110. The van der Waals surface area contributed by atoms with E-state index in [4.69, 9.17) is 9.47 Å². The van der Waals surface area contributed by atoms with Crippen molar-refractivity contribution in [1.82, 2.24) is 9.55 Å². The molecule has 12 nitrogen and oxygen atoms in total. The molecule has 14 heteroatoms. The lowest BCUT2D eigenvalue weighted by Crippen LogP contribution is -2.41. The maximum atomic E-state index is 14.4. The molecule has 2 heterocycles. The summed E-state index contributed by atoms with van der Waals surface area (Å²) >= 11 is 0. The number of nitrogens with one attached hydrogen (secondary N) is 2. The van der Waals surface area contributed by atoms with Crippen LogP contribution >= 0.6 is 0 Å². The summed E-state index contributed by atoms with van der Waals surface area (Å²) in [6.45, 7) is 3.01. The van der Waals surface area contributed by atoms with Gasteiger partial charge in [-0.2, -0.15) is 13.8 Å². The van der Waals surface area contributed by atoms with E-state index >= 15 is 0 Å². The van der Waals surface area contributed by atoms with Crippen molar-refractivity contribution in [2.45, 2.75) is 75.9 Å². The highest BCUT2D eigenvalue weighted by atomic mass is 19.3. The molecular weight excluding hydrogens is 666 g/mol. The molecule has 1 aliphatic heterocycles. The molecule has 1 amide bonds. The number of hydrogen-bond acceptors (Lipinski definition) is 10. The maximum Gasteiger partial charge on any atom is 0.351 e. The molecular formula is C37H40F2N4O8. The number of carbonyl (C=O) groups excluding carboxylic acids is 3. The summed E-state index contributed by atoms with van der Waals surface area (Å²) in [5, 5.41) is 26.4. The van der Waals surface area contributed by atoms with Crippen molar-refractivity contribution in [3.05, 3.63) is 82.4 Å². The number of allylic oxidation sites excluding steroid dienone is 2. The van der Waals surface area contributed by atoms with Crippen molar-refractivity contribution >= 4 is 45.8 Å². The number of aliphatic hydroxyl groups is 2. The van der Waals surface area contributed by atoms with Crippen molar-refractivity contribution in [2.24, 2.45) is 5.41 Å². The Hall–Kier alpha value is -4.63. The molecule has 2 fully saturated rings. The van der Waals surface area contributed by atoms with Crippen molar-refractivity contribution in [3.8, 4) is 0 Å². The third-order valence-corrected chi connectivity index (χ3v) is 9.40. The number of Topliss-reactive ketones (excluding diaryl/α,β-unsaturated/α-hetero) is 1. The molecule has 3 aromatic rings. The first-order chi connectivity index (χ1) is 24.2. The van der Waals surface area contributed by atoms with Crippen LogP contribution in [0.3, 0.4) is 0 Å². The molecule has 0 unspecified atom stereocenters. The van der Waals surface area contributed by atoms with Crippen LogP contribution in [0.15, 0.2) is 65.6 Å². The van der Waals surface area contributed by atoms with Gasteiger partial charge in [-0.3, -0.25) is 19.0 Å². The number of ether oxygens (including phenoxy) is 2. The monoisotopic (exact) mass is 706 g/mol. The normalized spacial score (nSPS) is 21.7. The van der Waals surface area contributed by atoms with Gasteiger partial charge in [-0.15, -0.1) is 0 Å². The predicted molar refractivity (Wildman–Crippen MR) is 185 cm³/mol. The minimum Gasteiger partial charge on any atom is -0.394 e. The van der Waals surface area contributed by atoms with Gasteiger partial charge in [0.15, 0.2) is 17.7 Å². The zero-order valence-corrected chi connectivity index (χ0v) is 28.2. The summed E-state index contributed by atoms with van der Waals surface area (Å²) in [7, 11) is 0. The van der Waals surface area contributed by atoms with Gasteiger partial charge in [-0.05, 0) is 67.7 Å². The van der Waals surface area contributed by atoms with E-state index in [1.165, 1.54) is 0 Å². The van der Waals surface area contributed by atoms with E-state index in [1.807, 2.05) is 42.5 Å². The Morgan fingerprint density at radius 1 is 1.16 bits per heavy atom. The molecule has 1 saturated carbocycles. The van der Waals surface area contributed by atoms with Gasteiger partial charge >= 0.3 is 11.6 Å². The van der Waals surface area contributed by atoms with Gasteiger partial charge < -0.3 is 30.3 Å². The van der Waals surface area contributed by atoms with Gasteiger partial charge in [0, 0.05) is 23.7 Å². The number of benzene rings is 2. The fourth-order valence-corrected chi connectivity index (χ4v) is 6.55. The predicted octanol–water partition coefficient (Wildman–Crippen LogP) is 4.41. The molecule has 2 aliphatic carbocycles. The fraction of sp³-hybridized carbons (Fsp3) is 0.432. The molecule has 0 radical (unpaired) electrons. The molecule has 3 aliphatic rings. The Morgan fingerprint density at radius 3 is 2.65 bits per heavy atom. The number of aromatic nitrogens is 2. The lowest BCUT2D eigenvalue weighted by molar-refractivity contribution is -0.141. The van der Waals surface area contributed by atoms with E-state index in [9.17, 15) is 38.2 Å². The van der Waals surface area contributed by atoms with Gasteiger partial charge in [0.25, 0.3) is 0 Å². The average Bonchev–Trinajstić information content (AvgIpc) is 3.79. The largest absolute Gasteiger partial charge is 0.394 e. The zero-order chi connectivity index (χ0) is 36.6. The molecule has 270 valence electrons. The second kappa shape index (κ2) is 14.2. The van der Waals surface area contributed by atoms with Gasteiger partial charge in [-0.1, -0.05) is 42.5 Å². The van der Waals surface area contributed by atoms with Crippen molar-refractivity contribution < 1.29 is 42.9 Å². The first kappa shape index (κ1) is 36.2. The third kappa shape index (κ3) is 7.83. The quantitative estimate of drug-likeness (QED) is 0.131. The summed E-state index contributed by atoms with van der Waals surface area (Å²) in [6, 6.07) is 10.8. The van der Waals surface area contributed by atoms with E-state index in [2.05, 4.69) is 21.7 Å². The third-order valence-electron chi connectivity index (χ3n) is 9.40. The topological polar surface area (TPSA) is 169 Å². The van der Waals surface area contributed by atoms with Gasteiger partial charge in [-0.25, -0.2) is 4.79 Å². The van der Waals surface area contributed by atoms with Gasteiger partial charge in [0.2, 0.25) is 12.1 Å². The highest BCUT2D eigenvalue weighted by molar-refractivity contribution is 6.23. The SMILES string of the molecule is CC(C)(CC(=O)Nc1ccn([C@@H]2O[C@H](CO)[C@H](O)C2(F)F)c(=O)n1)OCC/C=C/C1(CC(=O)CNc2ccc3cccc4c3c2C(=O)C=C4)CC1. The number of halogens is 2. The van der Waals surface area contributed by atoms with Gasteiger partial charge in [0.05, 0.1) is 37.3 Å².